The normalized spacial score (nSPS) is 11.5. The van der Waals surface area contributed by atoms with Crippen LogP contribution in [0, 0.1) is 0 Å². The number of benzene rings is 3. The molecule has 3 rings (SSSR count). The minimum Gasteiger partial charge on any atom is -0.506 e. The molecule has 0 saturated carbocycles. The number of phenols is 1. The molecule has 3 aromatic carbocycles. The first-order chi connectivity index (χ1) is 13.9. The van der Waals surface area contributed by atoms with Gasteiger partial charge in [-0.1, -0.05) is 53.5 Å². The van der Waals surface area contributed by atoms with Crippen LogP contribution in [0.25, 0.3) is 0 Å². The second kappa shape index (κ2) is 9.45. The first-order valence-electron chi connectivity index (χ1n) is 8.82. The molecule has 1 atom stereocenters. The molecule has 0 aliphatic carbocycles. The number of halogens is 2. The fraction of sp³-hybridized carbons (Fsp3) is 0.0909. The molecule has 0 radical (unpaired) electrons. The molecule has 29 heavy (non-hydrogen) atoms. The maximum absolute atomic E-state index is 12.9. The number of phenolic OH excluding ortho intramolecular Hbond substituents is 1. The second-order valence-corrected chi connectivity index (χ2v) is 7.22. The van der Waals surface area contributed by atoms with E-state index >= 15 is 0 Å². The summed E-state index contributed by atoms with van der Waals surface area (Å²) in [6, 6.07) is 19.3. The Morgan fingerprint density at radius 3 is 2.28 bits per heavy atom. The van der Waals surface area contributed by atoms with Gasteiger partial charge < -0.3 is 15.7 Å². The summed E-state index contributed by atoms with van der Waals surface area (Å²) in [5.74, 6) is -0.874. The fourth-order valence-corrected chi connectivity index (χ4v) is 3.02. The molecule has 2 amide bonds. The Balaban J connectivity index is 1.79. The smallest absolute Gasteiger partial charge is 0.251 e. The monoisotopic (exact) mass is 428 g/mol. The van der Waals surface area contributed by atoms with E-state index in [4.69, 9.17) is 23.2 Å². The third-order valence-electron chi connectivity index (χ3n) is 4.23. The molecule has 0 fully saturated rings. The number of hydrogen-bond acceptors (Lipinski definition) is 3. The van der Waals surface area contributed by atoms with E-state index in [0.29, 0.717) is 22.7 Å². The van der Waals surface area contributed by atoms with Crippen molar-refractivity contribution in [2.24, 2.45) is 0 Å². The summed E-state index contributed by atoms with van der Waals surface area (Å²) >= 11 is 11.8. The van der Waals surface area contributed by atoms with Crippen LogP contribution in [-0.4, -0.2) is 23.0 Å². The molecule has 0 aromatic heterocycles. The molecule has 0 bridgehead atoms. The summed E-state index contributed by atoms with van der Waals surface area (Å²) in [4.78, 5) is 25.5. The first-order valence-corrected chi connectivity index (χ1v) is 9.57. The van der Waals surface area contributed by atoms with Crippen molar-refractivity contribution in [2.45, 2.75) is 12.5 Å². The van der Waals surface area contributed by atoms with Crippen LogP contribution in [0.5, 0.6) is 5.75 Å². The third-order valence-corrected chi connectivity index (χ3v) is 4.78. The second-order valence-electron chi connectivity index (χ2n) is 6.38. The van der Waals surface area contributed by atoms with Crippen LogP contribution in [-0.2, 0) is 11.2 Å². The number of carbonyl (C=O) groups excluding carboxylic acids is 2. The predicted molar refractivity (Wildman–Crippen MR) is 115 cm³/mol. The molecule has 0 aliphatic rings. The van der Waals surface area contributed by atoms with Crippen molar-refractivity contribution in [3.8, 4) is 5.75 Å². The largest absolute Gasteiger partial charge is 0.506 e. The van der Waals surface area contributed by atoms with Crippen molar-refractivity contribution in [3.63, 3.8) is 0 Å². The minimum atomic E-state index is -0.826. The number of hydrogen-bond donors (Lipinski definition) is 3. The van der Waals surface area contributed by atoms with Gasteiger partial charge in [-0.3, -0.25) is 9.59 Å². The van der Waals surface area contributed by atoms with E-state index in [0.717, 1.165) is 5.56 Å². The Labute approximate surface area is 178 Å². The molecule has 3 aromatic rings. The third kappa shape index (κ3) is 5.73. The van der Waals surface area contributed by atoms with Crippen LogP contribution < -0.4 is 10.6 Å². The molecule has 3 N–H and O–H groups in total. The average Bonchev–Trinajstić information content (AvgIpc) is 2.71. The lowest BCUT2D eigenvalue weighted by molar-refractivity contribution is -0.118. The van der Waals surface area contributed by atoms with E-state index in [1.54, 1.807) is 24.3 Å². The lowest BCUT2D eigenvalue weighted by atomic mass is 10.0. The molecule has 0 saturated heterocycles. The fourth-order valence-electron chi connectivity index (χ4n) is 2.72. The van der Waals surface area contributed by atoms with E-state index < -0.39 is 11.9 Å². The van der Waals surface area contributed by atoms with Gasteiger partial charge in [0.25, 0.3) is 5.91 Å². The molecule has 0 aliphatic heterocycles. The number of aromatic hydroxyl groups is 1. The summed E-state index contributed by atoms with van der Waals surface area (Å²) < 4.78 is 0. The summed E-state index contributed by atoms with van der Waals surface area (Å²) in [6.07, 6.45) is 0.303. The van der Waals surface area contributed by atoms with Gasteiger partial charge in [0.2, 0.25) is 5.91 Å². The molecule has 7 heteroatoms. The summed E-state index contributed by atoms with van der Waals surface area (Å²) in [6.45, 7) is 0. The van der Waals surface area contributed by atoms with Gasteiger partial charge in [-0.05, 0) is 48.0 Å². The Morgan fingerprint density at radius 1 is 0.931 bits per heavy atom. The lowest BCUT2D eigenvalue weighted by Gasteiger charge is -2.19. The van der Waals surface area contributed by atoms with Gasteiger partial charge in [0.05, 0.1) is 5.02 Å². The topological polar surface area (TPSA) is 78.4 Å². The van der Waals surface area contributed by atoms with E-state index in [1.165, 1.54) is 18.2 Å². The highest BCUT2D eigenvalue weighted by molar-refractivity contribution is 6.32. The van der Waals surface area contributed by atoms with Gasteiger partial charge >= 0.3 is 0 Å². The first kappa shape index (κ1) is 20.7. The Bertz CT molecular complexity index is 1010. The van der Waals surface area contributed by atoms with Gasteiger partial charge in [0.15, 0.2) is 0 Å². The van der Waals surface area contributed by atoms with E-state index in [1.807, 2.05) is 30.3 Å². The summed E-state index contributed by atoms with van der Waals surface area (Å²) in [5, 5.41) is 15.7. The quantitative estimate of drug-likeness (QED) is 0.498. The SMILES string of the molecule is O=C(NC(Cc1ccccc1)C(=O)Nc1ccc(O)c(Cl)c1)c1ccc(Cl)cc1. The minimum absolute atomic E-state index is 0.0819. The van der Waals surface area contributed by atoms with E-state index in [9.17, 15) is 14.7 Å². The van der Waals surface area contributed by atoms with Gasteiger partial charge in [-0.2, -0.15) is 0 Å². The van der Waals surface area contributed by atoms with Crippen molar-refractivity contribution in [3.05, 3.63) is 94.0 Å². The van der Waals surface area contributed by atoms with Gasteiger partial charge in [-0.25, -0.2) is 0 Å². The maximum Gasteiger partial charge on any atom is 0.251 e. The Kier molecular flexibility index (Phi) is 6.75. The standard InChI is InChI=1S/C22H18Cl2N2O3/c23-16-8-6-15(7-9-16)21(28)26-19(12-14-4-2-1-3-5-14)22(29)25-17-10-11-20(27)18(24)13-17/h1-11,13,19,27H,12H2,(H,25,29)(H,26,28). The highest BCUT2D eigenvalue weighted by Crippen LogP contribution is 2.26. The summed E-state index contributed by atoms with van der Waals surface area (Å²) in [7, 11) is 0. The van der Waals surface area contributed by atoms with Crippen LogP contribution in [0.2, 0.25) is 10.0 Å². The van der Waals surface area contributed by atoms with Crippen LogP contribution >= 0.6 is 23.2 Å². The van der Waals surface area contributed by atoms with Gasteiger partial charge in [0, 0.05) is 22.7 Å². The van der Waals surface area contributed by atoms with Crippen LogP contribution in [0.1, 0.15) is 15.9 Å². The number of anilines is 1. The molecule has 1 unspecified atom stereocenters. The van der Waals surface area contributed by atoms with Crippen LogP contribution in [0.4, 0.5) is 5.69 Å². The van der Waals surface area contributed by atoms with Crippen molar-refractivity contribution in [1.29, 1.82) is 0 Å². The zero-order valence-corrected chi connectivity index (χ0v) is 16.7. The maximum atomic E-state index is 12.9. The van der Waals surface area contributed by atoms with Crippen LogP contribution in [0.3, 0.4) is 0 Å². The van der Waals surface area contributed by atoms with Gasteiger partial charge in [-0.15, -0.1) is 0 Å². The van der Waals surface area contributed by atoms with Crippen molar-refractivity contribution >= 4 is 40.7 Å². The predicted octanol–water partition coefficient (Wildman–Crippen LogP) is 4.68. The molecular weight excluding hydrogens is 411 g/mol. The zero-order chi connectivity index (χ0) is 20.8. The number of rotatable bonds is 6. The Hall–Kier alpha value is -3.02. The van der Waals surface area contributed by atoms with Crippen molar-refractivity contribution in [2.75, 3.05) is 5.32 Å². The number of nitrogens with one attached hydrogen (secondary N) is 2. The van der Waals surface area contributed by atoms with Crippen molar-refractivity contribution in [1.82, 2.24) is 5.32 Å². The molecule has 0 heterocycles. The van der Waals surface area contributed by atoms with Gasteiger partial charge in [0.1, 0.15) is 11.8 Å². The molecular formula is C22H18Cl2N2O3. The molecule has 0 spiro atoms. The molecule has 5 nitrogen and oxygen atoms in total. The van der Waals surface area contributed by atoms with E-state index in [2.05, 4.69) is 10.6 Å². The Morgan fingerprint density at radius 2 is 1.62 bits per heavy atom. The number of amides is 2. The average molecular weight is 429 g/mol. The number of carbonyl (C=O) groups is 2. The zero-order valence-electron chi connectivity index (χ0n) is 15.2. The molecule has 148 valence electrons. The van der Waals surface area contributed by atoms with Crippen molar-refractivity contribution < 1.29 is 14.7 Å². The highest BCUT2D eigenvalue weighted by atomic mass is 35.5. The van der Waals surface area contributed by atoms with Crippen LogP contribution in [0.15, 0.2) is 72.8 Å². The lowest BCUT2D eigenvalue weighted by Crippen LogP contribution is -2.45. The highest BCUT2D eigenvalue weighted by Gasteiger charge is 2.22. The van der Waals surface area contributed by atoms with E-state index in [-0.39, 0.29) is 16.7 Å². The summed E-state index contributed by atoms with van der Waals surface area (Å²) in [5.41, 5.74) is 1.71.